The van der Waals surface area contributed by atoms with E-state index >= 15 is 0 Å². The number of nitrogens with one attached hydrogen (secondary N) is 1. The van der Waals surface area contributed by atoms with E-state index in [1.807, 2.05) is 12.1 Å². The Morgan fingerprint density at radius 1 is 1.05 bits per heavy atom. The van der Waals surface area contributed by atoms with E-state index < -0.39 is 0 Å². The lowest BCUT2D eigenvalue weighted by Gasteiger charge is -2.12. The van der Waals surface area contributed by atoms with Crippen LogP contribution in [0, 0.1) is 6.92 Å². The van der Waals surface area contributed by atoms with Gasteiger partial charge in [0.25, 0.3) is 0 Å². The van der Waals surface area contributed by atoms with Crippen LogP contribution in [-0.4, -0.2) is 6.54 Å². The quantitative estimate of drug-likeness (QED) is 0.744. The van der Waals surface area contributed by atoms with Crippen LogP contribution in [0.25, 0.3) is 11.0 Å². The highest BCUT2D eigenvalue weighted by Gasteiger charge is 2.21. The highest BCUT2D eigenvalue weighted by atomic mass is 16.4. The number of benzene rings is 1. The summed E-state index contributed by atoms with van der Waals surface area (Å²) in [5, 5.41) is 4.58. The number of para-hydroxylation sites is 1. The SMILES string of the molecule is CCNC(c1ccc(CC)o1)c1cc2cccc(C)c2o1. The van der Waals surface area contributed by atoms with Crippen LogP contribution < -0.4 is 5.32 Å². The van der Waals surface area contributed by atoms with E-state index in [0.717, 1.165) is 46.8 Å². The lowest BCUT2D eigenvalue weighted by molar-refractivity contribution is 0.389. The summed E-state index contributed by atoms with van der Waals surface area (Å²) < 4.78 is 12.0. The summed E-state index contributed by atoms with van der Waals surface area (Å²) in [6, 6.07) is 12.3. The third-order valence-corrected chi connectivity index (χ3v) is 3.77. The summed E-state index contributed by atoms with van der Waals surface area (Å²) in [4.78, 5) is 0. The van der Waals surface area contributed by atoms with Crippen molar-refractivity contribution in [3.05, 3.63) is 59.2 Å². The van der Waals surface area contributed by atoms with Gasteiger partial charge in [0.15, 0.2) is 0 Å². The second-order valence-electron chi connectivity index (χ2n) is 5.29. The normalized spacial score (nSPS) is 12.9. The van der Waals surface area contributed by atoms with Gasteiger partial charge in [0.05, 0.1) is 0 Å². The molecular weight excluding hydrogens is 262 g/mol. The summed E-state index contributed by atoms with van der Waals surface area (Å²) in [5.74, 6) is 2.81. The molecule has 2 aromatic heterocycles. The van der Waals surface area contributed by atoms with Gasteiger partial charge >= 0.3 is 0 Å². The van der Waals surface area contributed by atoms with Crippen molar-refractivity contribution in [1.82, 2.24) is 5.32 Å². The third-order valence-electron chi connectivity index (χ3n) is 3.77. The van der Waals surface area contributed by atoms with Crippen LogP contribution in [-0.2, 0) is 6.42 Å². The predicted molar refractivity (Wildman–Crippen MR) is 84.6 cm³/mol. The second kappa shape index (κ2) is 5.78. The van der Waals surface area contributed by atoms with E-state index in [9.17, 15) is 0 Å². The minimum atomic E-state index is -0.0397. The minimum absolute atomic E-state index is 0.0397. The number of hydrogen-bond donors (Lipinski definition) is 1. The molecule has 3 aromatic rings. The molecule has 0 amide bonds. The maximum Gasteiger partial charge on any atom is 0.137 e. The van der Waals surface area contributed by atoms with Gasteiger partial charge in [-0.25, -0.2) is 0 Å². The fourth-order valence-corrected chi connectivity index (χ4v) is 2.66. The number of furan rings is 2. The fourth-order valence-electron chi connectivity index (χ4n) is 2.66. The van der Waals surface area contributed by atoms with E-state index in [1.54, 1.807) is 0 Å². The first-order valence-corrected chi connectivity index (χ1v) is 7.54. The Labute approximate surface area is 124 Å². The molecule has 1 atom stereocenters. The molecule has 0 spiro atoms. The monoisotopic (exact) mass is 283 g/mol. The van der Waals surface area contributed by atoms with Gasteiger partial charge in [0, 0.05) is 11.8 Å². The Balaban J connectivity index is 2.04. The molecule has 0 bridgehead atoms. The number of rotatable bonds is 5. The molecule has 0 radical (unpaired) electrons. The highest BCUT2D eigenvalue weighted by Crippen LogP contribution is 2.30. The van der Waals surface area contributed by atoms with Crippen LogP contribution in [0.1, 0.15) is 42.7 Å². The molecule has 3 heteroatoms. The summed E-state index contributed by atoms with van der Waals surface area (Å²) >= 11 is 0. The Morgan fingerprint density at radius 2 is 1.90 bits per heavy atom. The van der Waals surface area contributed by atoms with Crippen LogP contribution in [0.15, 0.2) is 45.2 Å². The van der Waals surface area contributed by atoms with E-state index in [-0.39, 0.29) is 6.04 Å². The Kier molecular flexibility index (Phi) is 3.84. The maximum atomic E-state index is 6.09. The van der Waals surface area contributed by atoms with Crippen molar-refractivity contribution in [3.63, 3.8) is 0 Å². The lowest BCUT2D eigenvalue weighted by atomic mass is 10.1. The molecule has 2 heterocycles. The largest absolute Gasteiger partial charge is 0.464 e. The van der Waals surface area contributed by atoms with Crippen molar-refractivity contribution in [1.29, 1.82) is 0 Å². The molecule has 3 nitrogen and oxygen atoms in total. The molecule has 0 aliphatic carbocycles. The standard InChI is InChI=1S/C18H21NO2/c1-4-14-9-10-15(20-14)17(19-5-2)16-11-13-8-6-7-12(3)18(13)21-16/h6-11,17,19H,4-5H2,1-3H3. The number of fused-ring (bicyclic) bond motifs is 1. The van der Waals surface area contributed by atoms with Gasteiger partial charge in [0.1, 0.15) is 28.9 Å². The molecule has 0 saturated carbocycles. The van der Waals surface area contributed by atoms with Gasteiger partial charge in [-0.05, 0) is 37.2 Å². The first-order valence-electron chi connectivity index (χ1n) is 7.54. The van der Waals surface area contributed by atoms with Gasteiger partial charge in [-0.1, -0.05) is 32.0 Å². The molecule has 21 heavy (non-hydrogen) atoms. The molecule has 3 rings (SSSR count). The van der Waals surface area contributed by atoms with E-state index in [0.29, 0.717) is 0 Å². The highest BCUT2D eigenvalue weighted by molar-refractivity contribution is 5.81. The topological polar surface area (TPSA) is 38.3 Å². The lowest BCUT2D eigenvalue weighted by Crippen LogP contribution is -2.20. The van der Waals surface area contributed by atoms with Crippen molar-refractivity contribution in [2.75, 3.05) is 6.54 Å². The Hall–Kier alpha value is -2.00. The zero-order valence-corrected chi connectivity index (χ0v) is 12.8. The zero-order valence-electron chi connectivity index (χ0n) is 12.8. The van der Waals surface area contributed by atoms with Crippen molar-refractivity contribution in [3.8, 4) is 0 Å². The molecule has 0 aliphatic heterocycles. The second-order valence-corrected chi connectivity index (χ2v) is 5.29. The van der Waals surface area contributed by atoms with E-state index in [4.69, 9.17) is 8.83 Å². The third kappa shape index (κ3) is 2.61. The predicted octanol–water partition coefficient (Wildman–Crippen LogP) is 4.60. The van der Waals surface area contributed by atoms with Crippen LogP contribution >= 0.6 is 0 Å². The Morgan fingerprint density at radius 3 is 2.57 bits per heavy atom. The van der Waals surface area contributed by atoms with Gasteiger partial charge in [-0.3, -0.25) is 0 Å². The summed E-state index contributed by atoms with van der Waals surface area (Å²) in [6.07, 6.45) is 0.901. The van der Waals surface area contributed by atoms with Gasteiger partial charge in [-0.15, -0.1) is 0 Å². The van der Waals surface area contributed by atoms with Crippen molar-refractivity contribution in [2.45, 2.75) is 33.2 Å². The fraction of sp³-hybridized carbons (Fsp3) is 0.333. The van der Waals surface area contributed by atoms with Crippen LogP contribution in [0.4, 0.5) is 0 Å². The number of hydrogen-bond acceptors (Lipinski definition) is 3. The molecule has 1 N–H and O–H groups in total. The smallest absolute Gasteiger partial charge is 0.137 e. The van der Waals surface area contributed by atoms with Gasteiger partial charge in [-0.2, -0.15) is 0 Å². The first kappa shape index (κ1) is 14.0. The molecule has 110 valence electrons. The van der Waals surface area contributed by atoms with Gasteiger partial charge < -0.3 is 14.2 Å². The van der Waals surface area contributed by atoms with Crippen molar-refractivity contribution >= 4 is 11.0 Å². The Bertz CT molecular complexity index is 739. The molecule has 1 unspecified atom stereocenters. The summed E-state index contributed by atoms with van der Waals surface area (Å²) in [7, 11) is 0. The van der Waals surface area contributed by atoms with Crippen molar-refractivity contribution in [2.24, 2.45) is 0 Å². The molecule has 0 aliphatic rings. The van der Waals surface area contributed by atoms with E-state index in [2.05, 4.69) is 50.4 Å². The average molecular weight is 283 g/mol. The molecular formula is C18H21NO2. The maximum absolute atomic E-state index is 6.09. The van der Waals surface area contributed by atoms with Crippen molar-refractivity contribution < 1.29 is 8.83 Å². The minimum Gasteiger partial charge on any atom is -0.464 e. The summed E-state index contributed by atoms with van der Waals surface area (Å²) in [6.45, 7) is 7.10. The zero-order chi connectivity index (χ0) is 14.8. The average Bonchev–Trinajstić information content (AvgIpc) is 3.12. The molecule has 0 fully saturated rings. The van der Waals surface area contributed by atoms with Crippen LogP contribution in [0.3, 0.4) is 0 Å². The molecule has 1 aromatic carbocycles. The van der Waals surface area contributed by atoms with Crippen LogP contribution in [0.5, 0.6) is 0 Å². The summed E-state index contributed by atoms with van der Waals surface area (Å²) in [5.41, 5.74) is 2.11. The first-order chi connectivity index (χ1) is 10.2. The van der Waals surface area contributed by atoms with E-state index in [1.165, 1.54) is 0 Å². The molecule has 0 saturated heterocycles. The number of aryl methyl sites for hydroxylation is 2. The van der Waals surface area contributed by atoms with Crippen LogP contribution in [0.2, 0.25) is 0 Å². The van der Waals surface area contributed by atoms with Gasteiger partial charge in [0.2, 0.25) is 0 Å².